The SMILES string of the molecule is COc1ccc2c(c1)C(=O)C(SC)CC2. The van der Waals surface area contributed by atoms with Gasteiger partial charge in [-0.15, -0.1) is 0 Å². The molecule has 0 bridgehead atoms. The maximum absolute atomic E-state index is 12.0. The molecule has 0 radical (unpaired) electrons. The lowest BCUT2D eigenvalue weighted by molar-refractivity contribution is 0.0979. The van der Waals surface area contributed by atoms with E-state index in [-0.39, 0.29) is 11.0 Å². The largest absolute Gasteiger partial charge is 0.497 e. The molecule has 1 atom stereocenters. The van der Waals surface area contributed by atoms with E-state index >= 15 is 0 Å². The molecule has 0 heterocycles. The quantitative estimate of drug-likeness (QED) is 0.769. The van der Waals surface area contributed by atoms with Crippen LogP contribution in [0.4, 0.5) is 0 Å². The summed E-state index contributed by atoms with van der Waals surface area (Å²) in [6.45, 7) is 0. The minimum Gasteiger partial charge on any atom is -0.497 e. The van der Waals surface area contributed by atoms with E-state index in [2.05, 4.69) is 0 Å². The number of hydrogen-bond acceptors (Lipinski definition) is 3. The molecule has 1 aliphatic carbocycles. The van der Waals surface area contributed by atoms with Crippen LogP contribution in [0.25, 0.3) is 0 Å². The van der Waals surface area contributed by atoms with Gasteiger partial charge in [0.1, 0.15) is 5.75 Å². The van der Waals surface area contributed by atoms with E-state index in [0.717, 1.165) is 29.7 Å². The zero-order valence-corrected chi connectivity index (χ0v) is 9.76. The van der Waals surface area contributed by atoms with E-state index in [0.29, 0.717) is 0 Å². The normalized spacial score (nSPS) is 19.9. The molecule has 0 fully saturated rings. The van der Waals surface area contributed by atoms with Gasteiger partial charge in [-0.3, -0.25) is 4.79 Å². The van der Waals surface area contributed by atoms with E-state index in [1.807, 2.05) is 24.5 Å². The predicted octanol–water partition coefficient (Wildman–Crippen LogP) is 2.56. The standard InChI is InChI=1S/C12H14O2S/c1-14-9-5-3-8-4-6-11(15-2)12(13)10(8)7-9/h3,5,7,11H,4,6H2,1-2H3. The van der Waals surface area contributed by atoms with Crippen LogP contribution in [0.2, 0.25) is 0 Å². The van der Waals surface area contributed by atoms with E-state index in [1.54, 1.807) is 18.9 Å². The molecule has 1 unspecified atom stereocenters. The molecule has 0 spiro atoms. The van der Waals surface area contributed by atoms with Crippen molar-refractivity contribution in [2.45, 2.75) is 18.1 Å². The van der Waals surface area contributed by atoms with Crippen LogP contribution in [-0.4, -0.2) is 24.4 Å². The number of Topliss-reactive ketones (excluding diaryl/α,β-unsaturated/α-hetero) is 1. The van der Waals surface area contributed by atoms with Crippen LogP contribution >= 0.6 is 11.8 Å². The van der Waals surface area contributed by atoms with Gasteiger partial charge in [-0.1, -0.05) is 6.07 Å². The first-order chi connectivity index (χ1) is 7.26. The van der Waals surface area contributed by atoms with Gasteiger partial charge in [0.2, 0.25) is 0 Å². The number of ether oxygens (including phenoxy) is 1. The van der Waals surface area contributed by atoms with Gasteiger partial charge >= 0.3 is 0 Å². The van der Waals surface area contributed by atoms with Crippen molar-refractivity contribution >= 4 is 17.5 Å². The van der Waals surface area contributed by atoms with Crippen molar-refractivity contribution in [3.63, 3.8) is 0 Å². The second-order valence-electron chi connectivity index (χ2n) is 3.65. The van der Waals surface area contributed by atoms with Gasteiger partial charge in [0, 0.05) is 5.56 Å². The smallest absolute Gasteiger partial charge is 0.176 e. The first-order valence-corrected chi connectivity index (χ1v) is 6.29. The highest BCUT2D eigenvalue weighted by molar-refractivity contribution is 7.99. The van der Waals surface area contributed by atoms with Gasteiger partial charge in [-0.05, 0) is 36.8 Å². The molecule has 1 aromatic carbocycles. The average molecular weight is 222 g/mol. The molecule has 0 saturated heterocycles. The van der Waals surface area contributed by atoms with Crippen molar-refractivity contribution in [3.8, 4) is 5.75 Å². The third-order valence-corrected chi connectivity index (χ3v) is 3.85. The molecule has 80 valence electrons. The fraction of sp³-hybridized carbons (Fsp3) is 0.417. The summed E-state index contributed by atoms with van der Waals surface area (Å²) < 4.78 is 5.14. The Morgan fingerprint density at radius 1 is 1.47 bits per heavy atom. The van der Waals surface area contributed by atoms with Crippen LogP contribution in [0.1, 0.15) is 22.3 Å². The number of methoxy groups -OCH3 is 1. The number of carbonyl (C=O) groups is 1. The summed E-state index contributed by atoms with van der Waals surface area (Å²) in [5.74, 6) is 1.02. The van der Waals surface area contributed by atoms with Gasteiger partial charge in [0.25, 0.3) is 0 Å². The lowest BCUT2D eigenvalue weighted by Gasteiger charge is -2.22. The second-order valence-corrected chi connectivity index (χ2v) is 4.69. The number of thioether (sulfide) groups is 1. The number of benzene rings is 1. The van der Waals surface area contributed by atoms with Gasteiger partial charge in [0.15, 0.2) is 5.78 Å². The molecular formula is C12H14O2S. The number of carbonyl (C=O) groups excluding carboxylic acids is 1. The van der Waals surface area contributed by atoms with Crippen LogP contribution in [0.5, 0.6) is 5.75 Å². The predicted molar refractivity (Wildman–Crippen MR) is 62.9 cm³/mol. The Bertz CT molecular complexity index is 387. The van der Waals surface area contributed by atoms with Crippen molar-refractivity contribution in [1.82, 2.24) is 0 Å². The summed E-state index contributed by atoms with van der Waals surface area (Å²) in [6, 6.07) is 5.79. The van der Waals surface area contributed by atoms with Crippen LogP contribution in [0, 0.1) is 0 Å². The first kappa shape index (κ1) is 10.6. The molecule has 1 aliphatic rings. The van der Waals surface area contributed by atoms with Gasteiger partial charge in [-0.2, -0.15) is 11.8 Å². The molecule has 2 nitrogen and oxygen atoms in total. The topological polar surface area (TPSA) is 26.3 Å². The van der Waals surface area contributed by atoms with Crippen molar-refractivity contribution in [2.24, 2.45) is 0 Å². The highest BCUT2D eigenvalue weighted by Crippen LogP contribution is 2.29. The lowest BCUT2D eigenvalue weighted by Crippen LogP contribution is -2.24. The van der Waals surface area contributed by atoms with Crippen LogP contribution in [0.3, 0.4) is 0 Å². The molecule has 0 amide bonds. The highest BCUT2D eigenvalue weighted by Gasteiger charge is 2.26. The van der Waals surface area contributed by atoms with Crippen molar-refractivity contribution in [1.29, 1.82) is 0 Å². The molecular weight excluding hydrogens is 208 g/mol. The summed E-state index contributed by atoms with van der Waals surface area (Å²) in [5.41, 5.74) is 2.01. The van der Waals surface area contributed by atoms with Crippen LogP contribution in [0.15, 0.2) is 18.2 Å². The van der Waals surface area contributed by atoms with Crippen molar-refractivity contribution in [3.05, 3.63) is 29.3 Å². The summed E-state index contributed by atoms with van der Waals surface area (Å²) >= 11 is 1.64. The Balaban J connectivity index is 2.40. The van der Waals surface area contributed by atoms with Crippen LogP contribution in [-0.2, 0) is 6.42 Å². The summed E-state index contributed by atoms with van der Waals surface area (Å²) in [5, 5.41) is 0.129. The second kappa shape index (κ2) is 4.27. The van der Waals surface area contributed by atoms with Crippen molar-refractivity contribution in [2.75, 3.05) is 13.4 Å². The molecule has 0 aromatic heterocycles. The fourth-order valence-corrected chi connectivity index (χ4v) is 2.64. The molecule has 2 rings (SSSR count). The average Bonchev–Trinajstić information content (AvgIpc) is 2.29. The first-order valence-electron chi connectivity index (χ1n) is 5.00. The maximum atomic E-state index is 12.0. The van der Waals surface area contributed by atoms with E-state index < -0.39 is 0 Å². The molecule has 0 aliphatic heterocycles. The summed E-state index contributed by atoms with van der Waals surface area (Å²) in [6.07, 6.45) is 3.95. The summed E-state index contributed by atoms with van der Waals surface area (Å²) in [7, 11) is 1.63. The van der Waals surface area contributed by atoms with E-state index in [9.17, 15) is 4.79 Å². The van der Waals surface area contributed by atoms with Gasteiger partial charge < -0.3 is 4.74 Å². The van der Waals surface area contributed by atoms with Crippen molar-refractivity contribution < 1.29 is 9.53 Å². The number of rotatable bonds is 2. The fourth-order valence-electron chi connectivity index (χ4n) is 1.95. The number of ketones is 1. The molecule has 1 aromatic rings. The Kier molecular flexibility index (Phi) is 3.00. The number of aryl methyl sites for hydroxylation is 1. The Morgan fingerprint density at radius 2 is 2.27 bits per heavy atom. The monoisotopic (exact) mass is 222 g/mol. The Hall–Kier alpha value is -0.960. The summed E-state index contributed by atoms with van der Waals surface area (Å²) in [4.78, 5) is 12.0. The Morgan fingerprint density at radius 3 is 2.93 bits per heavy atom. The molecule has 3 heteroatoms. The molecule has 15 heavy (non-hydrogen) atoms. The van der Waals surface area contributed by atoms with E-state index in [1.165, 1.54) is 0 Å². The van der Waals surface area contributed by atoms with Gasteiger partial charge in [0.05, 0.1) is 12.4 Å². The van der Waals surface area contributed by atoms with E-state index in [4.69, 9.17) is 4.74 Å². The zero-order chi connectivity index (χ0) is 10.8. The van der Waals surface area contributed by atoms with Gasteiger partial charge in [-0.25, -0.2) is 0 Å². The molecule has 0 N–H and O–H groups in total. The zero-order valence-electron chi connectivity index (χ0n) is 8.95. The number of fused-ring (bicyclic) bond motifs is 1. The minimum absolute atomic E-state index is 0.129. The third kappa shape index (κ3) is 1.88. The molecule has 0 saturated carbocycles. The highest BCUT2D eigenvalue weighted by atomic mass is 32.2. The Labute approximate surface area is 94.0 Å². The third-order valence-electron chi connectivity index (χ3n) is 2.84. The minimum atomic E-state index is 0.129. The van der Waals surface area contributed by atoms with Crippen LogP contribution < -0.4 is 4.74 Å². The number of hydrogen-bond donors (Lipinski definition) is 0. The maximum Gasteiger partial charge on any atom is 0.176 e. The lowest BCUT2D eigenvalue weighted by atomic mass is 9.90.